The summed E-state index contributed by atoms with van der Waals surface area (Å²) in [4.78, 5) is 19.4. The van der Waals surface area contributed by atoms with Crippen LogP contribution in [0.15, 0.2) is 42.5 Å². The molecule has 0 saturated carbocycles. The minimum Gasteiger partial charge on any atom is -0.395 e. The number of alkyl halides is 3. The largest absolute Gasteiger partial charge is 0.416 e. The van der Waals surface area contributed by atoms with E-state index in [9.17, 15) is 18.0 Å². The highest BCUT2D eigenvalue weighted by Crippen LogP contribution is 2.50. The Morgan fingerprint density at radius 1 is 0.939 bits per heavy atom. The first kappa shape index (κ1) is 22.2. The fraction of sp³-hybridized carbons (Fsp3) is 0.480. The normalized spacial score (nSPS) is 23.0. The number of β-amino-alcohol motifs (C(OH)–C–C–N with tert-alkyl or cyclic N) is 1. The molecule has 2 aromatic carbocycles. The first-order valence-electron chi connectivity index (χ1n) is 11.6. The third kappa shape index (κ3) is 4.22. The monoisotopic (exact) mass is 459 g/mol. The topological polar surface area (TPSA) is 47.0 Å². The zero-order chi connectivity index (χ0) is 23.2. The fourth-order valence-corrected chi connectivity index (χ4v) is 5.52. The zero-order valence-electron chi connectivity index (χ0n) is 18.4. The number of amides is 2. The van der Waals surface area contributed by atoms with Gasteiger partial charge in [0.2, 0.25) is 0 Å². The van der Waals surface area contributed by atoms with E-state index in [4.69, 9.17) is 5.11 Å². The number of aliphatic hydroxyl groups excluding tert-OH is 1. The molecule has 33 heavy (non-hydrogen) atoms. The minimum atomic E-state index is -4.35. The molecule has 5 rings (SSSR count). The fourth-order valence-electron chi connectivity index (χ4n) is 5.52. The molecule has 2 aromatic rings. The van der Waals surface area contributed by atoms with E-state index in [1.54, 1.807) is 0 Å². The van der Waals surface area contributed by atoms with E-state index in [1.165, 1.54) is 17.7 Å². The smallest absolute Gasteiger partial charge is 0.395 e. The van der Waals surface area contributed by atoms with Gasteiger partial charge in [0, 0.05) is 39.3 Å². The van der Waals surface area contributed by atoms with Crippen molar-refractivity contribution >= 4 is 6.03 Å². The van der Waals surface area contributed by atoms with Gasteiger partial charge in [0.25, 0.3) is 0 Å². The molecule has 0 spiro atoms. The van der Waals surface area contributed by atoms with Crippen molar-refractivity contribution in [1.29, 1.82) is 0 Å². The molecule has 176 valence electrons. The van der Waals surface area contributed by atoms with Crippen LogP contribution in [0.4, 0.5) is 18.0 Å². The number of likely N-dealkylation sites (tertiary alicyclic amines) is 1. The zero-order valence-corrected chi connectivity index (χ0v) is 18.4. The number of carbonyl (C=O) groups excluding carboxylic acids is 1. The van der Waals surface area contributed by atoms with Crippen LogP contribution in [0.5, 0.6) is 0 Å². The van der Waals surface area contributed by atoms with Crippen LogP contribution >= 0.6 is 0 Å². The second-order valence-electron chi connectivity index (χ2n) is 9.18. The predicted molar refractivity (Wildman–Crippen MR) is 119 cm³/mol. The second-order valence-corrected chi connectivity index (χ2v) is 9.18. The van der Waals surface area contributed by atoms with Crippen LogP contribution in [0.3, 0.4) is 0 Å². The van der Waals surface area contributed by atoms with Crippen LogP contribution in [0.25, 0.3) is 11.1 Å². The van der Waals surface area contributed by atoms with Crippen molar-refractivity contribution in [1.82, 2.24) is 14.7 Å². The number of hydrogen-bond acceptors (Lipinski definition) is 3. The number of hydrogen-bond donors (Lipinski definition) is 1. The molecule has 2 atom stereocenters. The Labute approximate surface area is 191 Å². The van der Waals surface area contributed by atoms with Crippen molar-refractivity contribution < 1.29 is 23.1 Å². The maximum Gasteiger partial charge on any atom is 0.416 e. The Morgan fingerprint density at radius 2 is 1.64 bits per heavy atom. The van der Waals surface area contributed by atoms with Gasteiger partial charge in [0.1, 0.15) is 0 Å². The number of piperazine rings is 1. The van der Waals surface area contributed by atoms with Gasteiger partial charge in [-0.05, 0) is 59.2 Å². The number of nitrogens with zero attached hydrogens (tertiary/aromatic N) is 3. The molecule has 0 radical (unpaired) electrons. The van der Waals surface area contributed by atoms with Gasteiger partial charge in [-0.2, -0.15) is 13.2 Å². The van der Waals surface area contributed by atoms with Gasteiger partial charge in [0.15, 0.2) is 0 Å². The van der Waals surface area contributed by atoms with Crippen molar-refractivity contribution in [2.45, 2.75) is 31.0 Å². The summed E-state index contributed by atoms with van der Waals surface area (Å²) in [7, 11) is 0. The summed E-state index contributed by atoms with van der Waals surface area (Å²) in [5.41, 5.74) is 3.35. The number of fused-ring (bicyclic) bond motifs is 5. The summed E-state index contributed by atoms with van der Waals surface area (Å²) in [5, 5.41) is 9.14. The van der Waals surface area contributed by atoms with Crippen LogP contribution in [0, 0.1) is 0 Å². The highest BCUT2D eigenvalue weighted by Gasteiger charge is 2.42. The molecule has 2 fully saturated rings. The van der Waals surface area contributed by atoms with E-state index in [1.807, 2.05) is 15.9 Å². The summed E-state index contributed by atoms with van der Waals surface area (Å²) in [6.07, 6.45) is -2.51. The lowest BCUT2D eigenvalue weighted by Crippen LogP contribution is -2.54. The van der Waals surface area contributed by atoms with E-state index in [2.05, 4.69) is 17.0 Å². The van der Waals surface area contributed by atoms with Gasteiger partial charge in [-0.1, -0.05) is 24.3 Å². The minimum absolute atomic E-state index is 0.0103. The number of rotatable bonds is 3. The first-order chi connectivity index (χ1) is 15.8. The second kappa shape index (κ2) is 8.65. The molecule has 1 N–H and O–H groups in total. The van der Waals surface area contributed by atoms with Crippen LogP contribution in [0.2, 0.25) is 0 Å². The lowest BCUT2D eigenvalue weighted by molar-refractivity contribution is -0.137. The van der Waals surface area contributed by atoms with Crippen molar-refractivity contribution in [2.75, 3.05) is 45.9 Å². The average molecular weight is 460 g/mol. The Bertz CT molecular complexity index is 1020. The van der Waals surface area contributed by atoms with Gasteiger partial charge in [-0.15, -0.1) is 0 Å². The number of carbonyl (C=O) groups is 1. The predicted octanol–water partition coefficient (Wildman–Crippen LogP) is 4.34. The van der Waals surface area contributed by atoms with Crippen LogP contribution in [0.1, 0.15) is 41.5 Å². The van der Waals surface area contributed by atoms with Crippen molar-refractivity contribution in [3.8, 4) is 11.1 Å². The van der Waals surface area contributed by atoms with E-state index >= 15 is 0 Å². The molecule has 2 bridgehead atoms. The summed E-state index contributed by atoms with van der Waals surface area (Å²) in [6.45, 7) is 4.32. The Morgan fingerprint density at radius 3 is 2.30 bits per heavy atom. The Hall–Kier alpha value is -2.58. The standard InChI is InChI=1S/C25H28F3N3O2/c26-25(27,28)20-4-1-17(2-5-20)18-3-6-21-19-7-8-31(23(16-19)22(21)15-18)24(33)30-11-9-29(10-12-30)13-14-32/h1-6,15,19,23,32H,7-14,16H2/t19?,23-/m0/s1. The van der Waals surface area contributed by atoms with Gasteiger partial charge in [0.05, 0.1) is 18.2 Å². The molecular formula is C25H28F3N3O2. The summed E-state index contributed by atoms with van der Waals surface area (Å²) in [5.74, 6) is 0.428. The molecule has 2 heterocycles. The maximum absolute atomic E-state index is 13.4. The van der Waals surface area contributed by atoms with Crippen molar-refractivity contribution in [3.05, 3.63) is 59.2 Å². The summed E-state index contributed by atoms with van der Waals surface area (Å²) in [6, 6.07) is 11.5. The molecule has 2 saturated heterocycles. The molecule has 2 aliphatic heterocycles. The molecule has 0 aromatic heterocycles. The lowest BCUT2D eigenvalue weighted by atomic mass is 9.94. The third-order valence-electron chi connectivity index (χ3n) is 7.34. The van der Waals surface area contributed by atoms with E-state index < -0.39 is 11.7 Å². The molecule has 1 unspecified atom stereocenters. The highest BCUT2D eigenvalue weighted by atomic mass is 19.4. The highest BCUT2D eigenvalue weighted by molar-refractivity contribution is 5.76. The van der Waals surface area contributed by atoms with Crippen LogP contribution in [-0.4, -0.2) is 71.7 Å². The summed E-state index contributed by atoms with van der Waals surface area (Å²) < 4.78 is 38.8. The number of piperidine rings is 1. The lowest BCUT2D eigenvalue weighted by Gasteiger charge is -2.41. The molecule has 1 aliphatic carbocycles. The molecule has 3 aliphatic rings. The van der Waals surface area contributed by atoms with E-state index in [0.29, 0.717) is 25.6 Å². The Kier molecular flexibility index (Phi) is 5.82. The third-order valence-corrected chi connectivity index (χ3v) is 7.34. The van der Waals surface area contributed by atoms with Crippen LogP contribution < -0.4 is 0 Å². The van der Waals surface area contributed by atoms with Gasteiger partial charge in [-0.25, -0.2) is 4.79 Å². The number of halogens is 3. The van der Waals surface area contributed by atoms with Gasteiger partial charge >= 0.3 is 12.2 Å². The quantitative estimate of drug-likeness (QED) is 0.743. The van der Waals surface area contributed by atoms with Gasteiger partial charge < -0.3 is 14.9 Å². The van der Waals surface area contributed by atoms with E-state index in [0.717, 1.165) is 61.3 Å². The van der Waals surface area contributed by atoms with Gasteiger partial charge in [-0.3, -0.25) is 4.90 Å². The SMILES string of the molecule is O=C(N1CCN(CCO)CC1)N1CCC2C[C@H]1c1cc(-c3ccc(C(F)(F)F)cc3)ccc12. The molecule has 5 nitrogen and oxygen atoms in total. The average Bonchev–Trinajstić information content (AvgIpc) is 3.10. The van der Waals surface area contributed by atoms with E-state index in [-0.39, 0.29) is 18.7 Å². The number of aliphatic hydroxyl groups is 1. The first-order valence-corrected chi connectivity index (χ1v) is 11.6. The number of urea groups is 1. The van der Waals surface area contributed by atoms with Crippen molar-refractivity contribution in [2.24, 2.45) is 0 Å². The maximum atomic E-state index is 13.4. The Balaban J connectivity index is 1.36. The number of benzene rings is 2. The summed E-state index contributed by atoms with van der Waals surface area (Å²) >= 11 is 0. The molecular weight excluding hydrogens is 431 g/mol. The van der Waals surface area contributed by atoms with Crippen molar-refractivity contribution in [3.63, 3.8) is 0 Å². The molecule has 2 amide bonds. The molecule has 8 heteroatoms. The van der Waals surface area contributed by atoms with Crippen LogP contribution in [-0.2, 0) is 6.18 Å².